The molecule has 1 aromatic heterocycles. The Labute approximate surface area is 74.0 Å². The fraction of sp³-hybridized carbons (Fsp3) is 0.500. The van der Waals surface area contributed by atoms with Crippen LogP contribution in [0.1, 0.15) is 24.6 Å². The van der Waals surface area contributed by atoms with Crippen LogP contribution in [0.4, 0.5) is 5.82 Å². The summed E-state index contributed by atoms with van der Waals surface area (Å²) in [4.78, 5) is 4.47. The topological polar surface area (TPSA) is 24.9 Å². The third kappa shape index (κ3) is 1.97. The van der Waals surface area contributed by atoms with Crippen LogP contribution >= 0.6 is 0 Å². The van der Waals surface area contributed by atoms with E-state index < -0.39 is 0 Å². The van der Waals surface area contributed by atoms with Crippen molar-refractivity contribution in [2.75, 3.05) is 12.4 Å². The molecule has 1 N–H and O–H groups in total. The zero-order chi connectivity index (χ0) is 8.97. The van der Waals surface area contributed by atoms with Crippen molar-refractivity contribution >= 4 is 5.82 Å². The molecular weight excluding hydrogens is 148 g/mol. The van der Waals surface area contributed by atoms with Gasteiger partial charge in [-0.3, -0.25) is 0 Å². The molecule has 0 amide bonds. The molecule has 0 saturated carbocycles. The SMILES string of the molecule is CCCc1nc(NC)ccc1C. The quantitative estimate of drug-likeness (QED) is 0.742. The number of aryl methyl sites for hydroxylation is 2. The van der Waals surface area contributed by atoms with Gasteiger partial charge in [-0.1, -0.05) is 19.4 Å². The Morgan fingerprint density at radius 3 is 2.75 bits per heavy atom. The normalized spacial score (nSPS) is 9.92. The van der Waals surface area contributed by atoms with E-state index in [0.29, 0.717) is 0 Å². The minimum atomic E-state index is 0.962. The van der Waals surface area contributed by atoms with Gasteiger partial charge in [-0.25, -0.2) is 4.98 Å². The molecule has 0 aromatic carbocycles. The number of hydrogen-bond acceptors (Lipinski definition) is 2. The fourth-order valence-corrected chi connectivity index (χ4v) is 1.20. The van der Waals surface area contributed by atoms with E-state index in [4.69, 9.17) is 0 Å². The molecule has 0 aliphatic heterocycles. The molecule has 1 aromatic rings. The van der Waals surface area contributed by atoms with E-state index >= 15 is 0 Å². The van der Waals surface area contributed by atoms with Gasteiger partial charge in [-0.2, -0.15) is 0 Å². The largest absolute Gasteiger partial charge is 0.373 e. The highest BCUT2D eigenvalue weighted by Crippen LogP contribution is 2.11. The molecule has 0 aliphatic carbocycles. The van der Waals surface area contributed by atoms with E-state index in [1.54, 1.807) is 0 Å². The van der Waals surface area contributed by atoms with Gasteiger partial charge in [-0.15, -0.1) is 0 Å². The zero-order valence-electron chi connectivity index (χ0n) is 8.02. The third-order valence-electron chi connectivity index (χ3n) is 1.94. The van der Waals surface area contributed by atoms with Crippen molar-refractivity contribution in [1.82, 2.24) is 4.98 Å². The average Bonchev–Trinajstić information content (AvgIpc) is 2.09. The highest BCUT2D eigenvalue weighted by molar-refractivity contribution is 5.37. The summed E-state index contributed by atoms with van der Waals surface area (Å²) in [6.45, 7) is 4.28. The van der Waals surface area contributed by atoms with Crippen LogP contribution in [0.25, 0.3) is 0 Å². The average molecular weight is 164 g/mol. The highest BCUT2D eigenvalue weighted by Gasteiger charge is 1.99. The van der Waals surface area contributed by atoms with Crippen molar-refractivity contribution in [2.24, 2.45) is 0 Å². The molecule has 2 heteroatoms. The summed E-state index contributed by atoms with van der Waals surface area (Å²) in [6.07, 6.45) is 2.22. The predicted octanol–water partition coefficient (Wildman–Crippen LogP) is 2.38. The summed E-state index contributed by atoms with van der Waals surface area (Å²) in [5.41, 5.74) is 2.50. The Balaban J connectivity index is 2.91. The van der Waals surface area contributed by atoms with Crippen LogP contribution in [-0.2, 0) is 6.42 Å². The molecule has 12 heavy (non-hydrogen) atoms. The minimum Gasteiger partial charge on any atom is -0.373 e. The number of pyridine rings is 1. The molecule has 0 aliphatic rings. The summed E-state index contributed by atoms with van der Waals surface area (Å²) in [5, 5.41) is 3.04. The Morgan fingerprint density at radius 1 is 1.42 bits per heavy atom. The maximum atomic E-state index is 4.47. The maximum Gasteiger partial charge on any atom is 0.125 e. The summed E-state index contributed by atoms with van der Waals surface area (Å²) < 4.78 is 0. The van der Waals surface area contributed by atoms with Crippen LogP contribution in [0.2, 0.25) is 0 Å². The summed E-state index contributed by atoms with van der Waals surface area (Å²) in [7, 11) is 1.90. The number of anilines is 1. The van der Waals surface area contributed by atoms with Crippen molar-refractivity contribution in [3.05, 3.63) is 23.4 Å². The smallest absolute Gasteiger partial charge is 0.125 e. The first-order chi connectivity index (χ1) is 5.77. The number of rotatable bonds is 3. The van der Waals surface area contributed by atoms with Crippen LogP contribution in [0, 0.1) is 6.92 Å². The van der Waals surface area contributed by atoms with Crippen molar-refractivity contribution < 1.29 is 0 Å². The number of hydrogen-bond donors (Lipinski definition) is 1. The number of aromatic nitrogens is 1. The van der Waals surface area contributed by atoms with E-state index in [1.165, 1.54) is 11.3 Å². The molecule has 0 bridgehead atoms. The van der Waals surface area contributed by atoms with Gasteiger partial charge in [0.25, 0.3) is 0 Å². The number of nitrogens with zero attached hydrogens (tertiary/aromatic N) is 1. The van der Waals surface area contributed by atoms with Gasteiger partial charge in [0.2, 0.25) is 0 Å². The maximum absolute atomic E-state index is 4.47. The van der Waals surface area contributed by atoms with Crippen LogP contribution in [-0.4, -0.2) is 12.0 Å². The lowest BCUT2D eigenvalue weighted by molar-refractivity contribution is 0.872. The Kier molecular flexibility index (Phi) is 3.09. The first kappa shape index (κ1) is 9.04. The van der Waals surface area contributed by atoms with Crippen LogP contribution in [0.5, 0.6) is 0 Å². The van der Waals surface area contributed by atoms with E-state index in [9.17, 15) is 0 Å². The molecular formula is C10H16N2. The van der Waals surface area contributed by atoms with E-state index in [1.807, 2.05) is 13.1 Å². The first-order valence-electron chi connectivity index (χ1n) is 4.42. The second kappa shape index (κ2) is 4.10. The van der Waals surface area contributed by atoms with Crippen LogP contribution < -0.4 is 5.32 Å². The summed E-state index contributed by atoms with van der Waals surface area (Å²) in [5.74, 6) is 0.962. The molecule has 0 radical (unpaired) electrons. The lowest BCUT2D eigenvalue weighted by atomic mass is 10.1. The number of nitrogens with one attached hydrogen (secondary N) is 1. The van der Waals surface area contributed by atoms with Crippen molar-refractivity contribution in [1.29, 1.82) is 0 Å². The van der Waals surface area contributed by atoms with Gasteiger partial charge < -0.3 is 5.32 Å². The second-order valence-corrected chi connectivity index (χ2v) is 2.96. The van der Waals surface area contributed by atoms with Gasteiger partial charge in [0, 0.05) is 12.7 Å². The molecule has 0 atom stereocenters. The van der Waals surface area contributed by atoms with Crippen LogP contribution in [0.3, 0.4) is 0 Å². The Hall–Kier alpha value is -1.05. The second-order valence-electron chi connectivity index (χ2n) is 2.96. The predicted molar refractivity (Wildman–Crippen MR) is 52.5 cm³/mol. The van der Waals surface area contributed by atoms with E-state index in [0.717, 1.165) is 18.7 Å². The first-order valence-corrected chi connectivity index (χ1v) is 4.42. The van der Waals surface area contributed by atoms with Crippen molar-refractivity contribution in [2.45, 2.75) is 26.7 Å². The van der Waals surface area contributed by atoms with Gasteiger partial charge in [0.15, 0.2) is 0 Å². The highest BCUT2D eigenvalue weighted by atomic mass is 15.0. The lowest BCUT2D eigenvalue weighted by Gasteiger charge is -2.05. The molecule has 0 saturated heterocycles. The van der Waals surface area contributed by atoms with Crippen LogP contribution in [0.15, 0.2) is 12.1 Å². The van der Waals surface area contributed by atoms with E-state index in [2.05, 4.69) is 30.2 Å². The zero-order valence-corrected chi connectivity index (χ0v) is 8.02. The molecule has 1 rings (SSSR count). The molecule has 1 heterocycles. The standard InChI is InChI=1S/C10H16N2/c1-4-5-9-8(2)6-7-10(11-3)12-9/h6-7H,4-5H2,1-3H3,(H,11,12). The fourth-order valence-electron chi connectivity index (χ4n) is 1.20. The molecule has 0 spiro atoms. The van der Waals surface area contributed by atoms with E-state index in [-0.39, 0.29) is 0 Å². The lowest BCUT2D eigenvalue weighted by Crippen LogP contribution is -1.98. The van der Waals surface area contributed by atoms with Crippen molar-refractivity contribution in [3.63, 3.8) is 0 Å². The van der Waals surface area contributed by atoms with Crippen molar-refractivity contribution in [3.8, 4) is 0 Å². The Bertz CT molecular complexity index is 256. The summed E-state index contributed by atoms with van der Waals surface area (Å²) >= 11 is 0. The molecule has 2 nitrogen and oxygen atoms in total. The summed E-state index contributed by atoms with van der Waals surface area (Å²) in [6, 6.07) is 4.12. The van der Waals surface area contributed by atoms with Gasteiger partial charge in [0.05, 0.1) is 0 Å². The van der Waals surface area contributed by atoms with Gasteiger partial charge >= 0.3 is 0 Å². The third-order valence-corrected chi connectivity index (χ3v) is 1.94. The molecule has 0 unspecified atom stereocenters. The van der Waals surface area contributed by atoms with Gasteiger partial charge in [-0.05, 0) is 25.0 Å². The molecule has 66 valence electrons. The molecule has 0 fully saturated rings. The minimum absolute atomic E-state index is 0.962. The monoisotopic (exact) mass is 164 g/mol. The van der Waals surface area contributed by atoms with Gasteiger partial charge in [0.1, 0.15) is 5.82 Å². The Morgan fingerprint density at radius 2 is 2.17 bits per heavy atom.